The maximum absolute atomic E-state index is 13.4. The molecule has 0 radical (unpaired) electrons. The van der Waals surface area contributed by atoms with E-state index in [-0.39, 0.29) is 56.2 Å². The van der Waals surface area contributed by atoms with Gasteiger partial charge in [0.1, 0.15) is 18.8 Å². The average Bonchev–Trinajstić information content (AvgIpc) is 3.56. The lowest BCUT2D eigenvalue weighted by Crippen LogP contribution is -2.41. The van der Waals surface area contributed by atoms with Crippen molar-refractivity contribution in [2.75, 3.05) is 38.3 Å². The molecule has 0 saturated carbocycles. The van der Waals surface area contributed by atoms with Gasteiger partial charge in [-0.25, -0.2) is 0 Å². The monoisotopic (exact) mass is 707 g/mol. The summed E-state index contributed by atoms with van der Waals surface area (Å²) in [6.45, 7) is 1.05. The lowest BCUT2D eigenvalue weighted by atomic mass is 10.1. The fourth-order valence-electron chi connectivity index (χ4n) is 4.97. The number of rotatable bonds is 14. The summed E-state index contributed by atoms with van der Waals surface area (Å²) in [5, 5.41) is 15.6. The van der Waals surface area contributed by atoms with Gasteiger partial charge in [-0.3, -0.25) is 33.3 Å². The molecule has 1 saturated heterocycles. The van der Waals surface area contributed by atoms with Crippen LogP contribution in [0.5, 0.6) is 5.75 Å². The van der Waals surface area contributed by atoms with Crippen molar-refractivity contribution in [3.63, 3.8) is 0 Å². The summed E-state index contributed by atoms with van der Waals surface area (Å²) in [5.74, 6) is -2.19. The fraction of sp³-hybridized carbons (Fsp3) is 0.235. The number of hydrogen-bond donors (Lipinski definition) is 3. The number of aromatic nitrogens is 1. The summed E-state index contributed by atoms with van der Waals surface area (Å²) < 4.78 is 7.19. The van der Waals surface area contributed by atoms with E-state index in [4.69, 9.17) is 16.3 Å². The van der Waals surface area contributed by atoms with Crippen LogP contribution in [0.3, 0.4) is 0 Å². The van der Waals surface area contributed by atoms with Gasteiger partial charge >= 0.3 is 5.97 Å². The van der Waals surface area contributed by atoms with Crippen LogP contribution in [-0.4, -0.2) is 93.3 Å². The van der Waals surface area contributed by atoms with Crippen LogP contribution in [0.1, 0.15) is 21.6 Å². The molecule has 0 aliphatic carbocycles. The number of amides is 4. The van der Waals surface area contributed by atoms with Crippen LogP contribution in [0.25, 0.3) is 10.9 Å². The van der Waals surface area contributed by atoms with Gasteiger partial charge in [0.05, 0.1) is 37.2 Å². The minimum atomic E-state index is -1.03. The van der Waals surface area contributed by atoms with Gasteiger partial charge in [0.2, 0.25) is 23.6 Å². The quantitative estimate of drug-likeness (QED) is 0.169. The maximum atomic E-state index is 13.4. The molecule has 2 heterocycles. The minimum absolute atomic E-state index is 0.0430. The summed E-state index contributed by atoms with van der Waals surface area (Å²) in [4.78, 5) is 75.9. The lowest BCUT2D eigenvalue weighted by Gasteiger charge is -2.17. The molecule has 13 nitrogen and oxygen atoms in total. The van der Waals surface area contributed by atoms with Crippen LogP contribution in [0, 0.1) is 6.92 Å². The number of carboxylic acid groups (broad SMARTS) is 1. The number of nitrogens with zero attached hydrogens (tertiary/aromatic N) is 3. The molecule has 1 aromatic heterocycles. The smallest absolute Gasteiger partial charge is 0.307 e. The molecule has 0 unspecified atom stereocenters. The molecule has 2 aromatic carbocycles. The molecule has 256 valence electrons. The highest BCUT2D eigenvalue weighted by molar-refractivity contribution is 7.99. The molecule has 0 spiro atoms. The van der Waals surface area contributed by atoms with E-state index in [0.717, 1.165) is 0 Å². The van der Waals surface area contributed by atoms with Gasteiger partial charge in [0.25, 0.3) is 5.91 Å². The Balaban J connectivity index is 1.29. The van der Waals surface area contributed by atoms with Crippen molar-refractivity contribution in [1.82, 2.24) is 25.0 Å². The van der Waals surface area contributed by atoms with E-state index in [1.54, 1.807) is 79.9 Å². The normalized spacial score (nSPS) is 13.2. The molecule has 15 heteroatoms. The summed E-state index contributed by atoms with van der Waals surface area (Å²) in [6, 6.07) is 11.5. The third kappa shape index (κ3) is 9.84. The van der Waals surface area contributed by atoms with E-state index < -0.39 is 17.8 Å². The number of ether oxygens (including phenoxy) is 1. The molecule has 49 heavy (non-hydrogen) atoms. The van der Waals surface area contributed by atoms with E-state index in [9.17, 15) is 33.9 Å². The van der Waals surface area contributed by atoms with Crippen molar-refractivity contribution in [3.05, 3.63) is 101 Å². The fourth-order valence-corrected chi connectivity index (χ4v) is 5.46. The zero-order valence-electron chi connectivity index (χ0n) is 26.7. The number of allylic oxidation sites excluding steroid dienone is 4. The average molecular weight is 708 g/mol. The molecule has 1 aliphatic heterocycles. The van der Waals surface area contributed by atoms with E-state index in [2.05, 4.69) is 10.6 Å². The first-order valence-electron chi connectivity index (χ1n) is 14.9. The highest BCUT2D eigenvalue weighted by atomic mass is 35.5. The SMILES string of the molecule is CSCC(=O)NCC(=O)N1CC(=O)N(CC(=O)N\C=C/C=C\C=C/Oc2ccc3c(c2)c(CC(=O)O)c(C)n3C(=O)c2ccc(Cl)cc2)C1. The zero-order chi connectivity index (χ0) is 35.5. The molecule has 3 N–H and O–H groups in total. The Morgan fingerprint density at radius 2 is 1.76 bits per heavy atom. The summed E-state index contributed by atoms with van der Waals surface area (Å²) in [5.41, 5.74) is 1.96. The molecular formula is C34H34ClN5O8S. The Morgan fingerprint density at radius 3 is 2.47 bits per heavy atom. The minimum Gasteiger partial charge on any atom is -0.481 e. The third-order valence-corrected chi connectivity index (χ3v) is 8.11. The summed E-state index contributed by atoms with van der Waals surface area (Å²) in [7, 11) is 0. The predicted molar refractivity (Wildman–Crippen MR) is 185 cm³/mol. The first-order chi connectivity index (χ1) is 23.5. The second-order valence-electron chi connectivity index (χ2n) is 10.8. The number of aliphatic carboxylic acids is 1. The molecule has 3 aromatic rings. The second kappa shape index (κ2) is 17.2. The van der Waals surface area contributed by atoms with Crippen LogP contribution in [0.15, 0.2) is 79.2 Å². The number of thioether (sulfide) groups is 1. The van der Waals surface area contributed by atoms with Crippen LogP contribution in [0.2, 0.25) is 5.02 Å². The molecule has 1 fully saturated rings. The van der Waals surface area contributed by atoms with E-state index >= 15 is 0 Å². The zero-order valence-corrected chi connectivity index (χ0v) is 28.3. The Bertz CT molecular complexity index is 1850. The number of hydrogen-bond acceptors (Lipinski definition) is 8. The van der Waals surface area contributed by atoms with Gasteiger partial charge in [-0.05, 0) is 73.4 Å². The van der Waals surface area contributed by atoms with Crippen molar-refractivity contribution in [2.24, 2.45) is 0 Å². The number of nitrogens with one attached hydrogen (secondary N) is 2. The first-order valence-corrected chi connectivity index (χ1v) is 16.7. The van der Waals surface area contributed by atoms with Crippen molar-refractivity contribution >= 4 is 69.8 Å². The summed E-state index contributed by atoms with van der Waals surface area (Å²) >= 11 is 7.30. The van der Waals surface area contributed by atoms with Gasteiger partial charge < -0.3 is 30.3 Å². The van der Waals surface area contributed by atoms with Gasteiger partial charge in [0, 0.05) is 27.9 Å². The molecule has 1 aliphatic rings. The highest BCUT2D eigenvalue weighted by Gasteiger charge is 2.31. The van der Waals surface area contributed by atoms with Crippen LogP contribution in [-0.2, 0) is 30.4 Å². The third-order valence-electron chi connectivity index (χ3n) is 7.30. The standard InChI is InChI=1S/C34H34ClN5O8S/c1-22-26(16-33(45)46)27-15-25(11-12-28(27)40(22)34(47)23-7-9-24(35)10-8-23)48-14-6-4-3-5-13-36-29(41)18-38-21-39(19-32(38)44)31(43)17-37-30(42)20-49-2/h3-15H,16-21H2,1-2H3,(H,36,41)(H,37,42)(H,45,46)/b4-3-,13-5-,14-6-. The number of halogens is 1. The molecule has 4 rings (SSSR count). The number of benzene rings is 2. The van der Waals surface area contributed by atoms with Crippen molar-refractivity contribution < 1.29 is 38.6 Å². The van der Waals surface area contributed by atoms with Crippen LogP contribution in [0.4, 0.5) is 0 Å². The van der Waals surface area contributed by atoms with Crippen molar-refractivity contribution in [2.45, 2.75) is 13.3 Å². The van der Waals surface area contributed by atoms with Gasteiger partial charge in [-0.15, -0.1) is 0 Å². The Kier molecular flexibility index (Phi) is 12.8. The van der Waals surface area contributed by atoms with E-state index in [1.807, 2.05) is 0 Å². The number of carboxylic acids is 1. The Labute approximate surface area is 291 Å². The van der Waals surface area contributed by atoms with Gasteiger partial charge in [-0.2, -0.15) is 11.8 Å². The Hall–Kier alpha value is -5.34. The molecule has 4 amide bonds. The summed E-state index contributed by atoms with van der Waals surface area (Å²) in [6.07, 6.45) is 10.8. The van der Waals surface area contributed by atoms with Crippen molar-refractivity contribution in [3.8, 4) is 5.75 Å². The van der Waals surface area contributed by atoms with E-state index in [1.165, 1.54) is 38.6 Å². The molecule has 0 bridgehead atoms. The number of fused-ring (bicyclic) bond motifs is 1. The largest absolute Gasteiger partial charge is 0.481 e. The van der Waals surface area contributed by atoms with Crippen LogP contribution >= 0.6 is 23.4 Å². The van der Waals surface area contributed by atoms with Gasteiger partial charge in [0.15, 0.2) is 0 Å². The predicted octanol–water partition coefficient (Wildman–Crippen LogP) is 3.10. The highest BCUT2D eigenvalue weighted by Crippen LogP contribution is 2.31. The van der Waals surface area contributed by atoms with Crippen molar-refractivity contribution in [1.29, 1.82) is 0 Å². The number of carbonyl (C=O) groups excluding carboxylic acids is 5. The molecular weight excluding hydrogens is 674 g/mol. The van der Waals surface area contributed by atoms with Crippen LogP contribution < -0.4 is 15.4 Å². The molecule has 0 atom stereocenters. The van der Waals surface area contributed by atoms with E-state index in [0.29, 0.717) is 38.5 Å². The number of carbonyl (C=O) groups is 6. The Morgan fingerprint density at radius 1 is 1.02 bits per heavy atom. The first kappa shape index (κ1) is 36.5. The topological polar surface area (TPSA) is 167 Å². The lowest BCUT2D eigenvalue weighted by molar-refractivity contribution is -0.136. The second-order valence-corrected chi connectivity index (χ2v) is 12.1. The maximum Gasteiger partial charge on any atom is 0.307 e. The van der Waals surface area contributed by atoms with Gasteiger partial charge in [-0.1, -0.05) is 23.8 Å².